The number of aryl methyl sites for hydroxylation is 1. The Bertz CT molecular complexity index is 589. The van der Waals surface area contributed by atoms with E-state index in [1.165, 1.54) is 17.3 Å². The van der Waals surface area contributed by atoms with Crippen LogP contribution in [0.3, 0.4) is 0 Å². The first-order valence-electron chi connectivity index (χ1n) is 6.44. The van der Waals surface area contributed by atoms with Crippen molar-refractivity contribution in [2.24, 2.45) is 0 Å². The molecule has 0 fully saturated rings. The topological polar surface area (TPSA) is 53.6 Å². The van der Waals surface area contributed by atoms with E-state index in [0.717, 1.165) is 22.3 Å². The number of rotatable bonds is 4. The minimum atomic E-state index is 0.0722. The molecule has 2 N–H and O–H groups in total. The number of hydrogen-bond acceptors (Lipinski definition) is 4. The second kappa shape index (κ2) is 6.16. The van der Waals surface area contributed by atoms with Gasteiger partial charge in [-0.15, -0.1) is 5.10 Å². The first kappa shape index (κ1) is 15.4. The normalized spacial score (nSPS) is 11.8. The van der Waals surface area contributed by atoms with Gasteiger partial charge in [0.1, 0.15) is 5.82 Å². The summed E-state index contributed by atoms with van der Waals surface area (Å²) in [5, 5.41) is 11.9. The summed E-state index contributed by atoms with van der Waals surface area (Å²) >= 11 is 7.62. The number of benzene rings is 1. The summed E-state index contributed by atoms with van der Waals surface area (Å²) in [7, 11) is 0. The second-order valence-corrected chi connectivity index (χ2v) is 7.11. The van der Waals surface area contributed by atoms with Gasteiger partial charge in [0, 0.05) is 22.0 Å². The van der Waals surface area contributed by atoms with Crippen molar-refractivity contribution in [3.63, 3.8) is 0 Å². The van der Waals surface area contributed by atoms with Gasteiger partial charge in [-0.3, -0.25) is 5.10 Å². The van der Waals surface area contributed by atoms with Gasteiger partial charge in [-0.2, -0.15) is 0 Å². The van der Waals surface area contributed by atoms with Crippen molar-refractivity contribution in [1.29, 1.82) is 0 Å². The molecule has 2 aromatic rings. The van der Waals surface area contributed by atoms with E-state index in [4.69, 9.17) is 11.6 Å². The lowest BCUT2D eigenvalue weighted by Crippen LogP contribution is -2.35. The zero-order valence-electron chi connectivity index (χ0n) is 12.1. The van der Waals surface area contributed by atoms with Crippen molar-refractivity contribution < 1.29 is 0 Å². The highest BCUT2D eigenvalue weighted by molar-refractivity contribution is 7.99. The van der Waals surface area contributed by atoms with E-state index in [-0.39, 0.29) is 5.54 Å². The number of nitrogens with zero attached hydrogens (tertiary/aromatic N) is 2. The zero-order chi connectivity index (χ0) is 14.8. The fourth-order valence-corrected chi connectivity index (χ4v) is 2.76. The molecule has 1 aromatic carbocycles. The molecule has 20 heavy (non-hydrogen) atoms. The average Bonchev–Trinajstić information content (AvgIpc) is 2.72. The maximum Gasteiger partial charge on any atom is 0.213 e. The van der Waals surface area contributed by atoms with E-state index in [1.807, 2.05) is 25.1 Å². The second-order valence-electron chi connectivity index (χ2n) is 5.66. The third-order valence-electron chi connectivity index (χ3n) is 2.62. The Balaban J connectivity index is 2.19. The van der Waals surface area contributed by atoms with Gasteiger partial charge < -0.3 is 5.32 Å². The lowest BCUT2D eigenvalue weighted by Gasteiger charge is -2.21. The van der Waals surface area contributed by atoms with Crippen LogP contribution in [0.2, 0.25) is 5.02 Å². The monoisotopic (exact) mass is 310 g/mol. The van der Waals surface area contributed by atoms with Crippen molar-refractivity contribution >= 4 is 23.4 Å². The van der Waals surface area contributed by atoms with Crippen LogP contribution >= 0.6 is 23.4 Å². The molecule has 0 bridgehead atoms. The lowest BCUT2D eigenvalue weighted by atomic mass is 10.1. The molecule has 0 radical (unpaired) electrons. The van der Waals surface area contributed by atoms with Gasteiger partial charge in [0.25, 0.3) is 0 Å². The summed E-state index contributed by atoms with van der Waals surface area (Å²) in [6, 6.07) is 5.91. The molecule has 2 rings (SSSR count). The molecule has 0 saturated heterocycles. The predicted molar refractivity (Wildman–Crippen MR) is 83.3 cm³/mol. The summed E-state index contributed by atoms with van der Waals surface area (Å²) in [5.41, 5.74) is 1.26. The van der Waals surface area contributed by atoms with Crippen LogP contribution in [0.25, 0.3) is 0 Å². The van der Waals surface area contributed by atoms with Gasteiger partial charge >= 0.3 is 0 Å². The molecule has 0 spiro atoms. The number of H-pyrrole nitrogens is 1. The molecule has 0 unspecified atom stereocenters. The average molecular weight is 311 g/mol. The van der Waals surface area contributed by atoms with Crippen LogP contribution < -0.4 is 5.32 Å². The van der Waals surface area contributed by atoms with Crippen LogP contribution in [-0.4, -0.2) is 20.7 Å². The summed E-state index contributed by atoms with van der Waals surface area (Å²) < 4.78 is 0. The number of nitrogens with one attached hydrogen (secondary N) is 2. The molecule has 108 valence electrons. The van der Waals surface area contributed by atoms with Gasteiger partial charge in [0.2, 0.25) is 5.16 Å². The van der Waals surface area contributed by atoms with Crippen LogP contribution in [0, 0.1) is 6.92 Å². The fourth-order valence-electron chi connectivity index (χ4n) is 1.60. The first-order valence-corrected chi connectivity index (χ1v) is 7.63. The Labute approximate surface area is 128 Å². The summed E-state index contributed by atoms with van der Waals surface area (Å²) in [6.07, 6.45) is 0. The SMILES string of the molecule is Cc1nc(Sc2cc(Cl)ccc2CNC(C)(C)C)n[nH]1. The Morgan fingerprint density at radius 2 is 2.10 bits per heavy atom. The summed E-state index contributed by atoms with van der Waals surface area (Å²) in [5.74, 6) is 0.809. The highest BCUT2D eigenvalue weighted by atomic mass is 35.5. The number of aromatic nitrogens is 3. The van der Waals surface area contributed by atoms with E-state index in [2.05, 4.69) is 41.3 Å². The molecule has 0 atom stereocenters. The van der Waals surface area contributed by atoms with Gasteiger partial charge in [-0.25, -0.2) is 4.98 Å². The highest BCUT2D eigenvalue weighted by Crippen LogP contribution is 2.30. The standard InChI is InChI=1S/C14H19ClN4S/c1-9-17-13(19-18-9)20-12-7-11(15)6-5-10(12)8-16-14(2,3)4/h5-7,16H,8H2,1-4H3,(H,17,18,19). The van der Waals surface area contributed by atoms with Gasteiger partial charge in [-0.05, 0) is 57.2 Å². The molecule has 0 amide bonds. The van der Waals surface area contributed by atoms with Crippen molar-refractivity contribution in [3.05, 3.63) is 34.6 Å². The summed E-state index contributed by atoms with van der Waals surface area (Å²) in [6.45, 7) is 9.11. The van der Waals surface area contributed by atoms with Crippen LogP contribution in [0.5, 0.6) is 0 Å². The molecule has 0 saturated carbocycles. The Morgan fingerprint density at radius 3 is 2.70 bits per heavy atom. The fraction of sp³-hybridized carbons (Fsp3) is 0.429. The molecule has 1 aromatic heterocycles. The van der Waals surface area contributed by atoms with Crippen molar-refractivity contribution in [3.8, 4) is 0 Å². The van der Waals surface area contributed by atoms with Crippen molar-refractivity contribution in [2.45, 2.75) is 49.8 Å². The van der Waals surface area contributed by atoms with E-state index >= 15 is 0 Å². The Hall–Kier alpha value is -1.04. The Kier molecular flexibility index (Phi) is 4.73. The molecule has 1 heterocycles. The molecular formula is C14H19ClN4S. The zero-order valence-corrected chi connectivity index (χ0v) is 13.7. The molecule has 0 aliphatic carbocycles. The van der Waals surface area contributed by atoms with E-state index in [0.29, 0.717) is 5.16 Å². The summed E-state index contributed by atoms with van der Waals surface area (Å²) in [4.78, 5) is 5.40. The van der Waals surface area contributed by atoms with E-state index < -0.39 is 0 Å². The number of halogens is 1. The van der Waals surface area contributed by atoms with Crippen molar-refractivity contribution in [2.75, 3.05) is 0 Å². The number of aromatic amines is 1. The van der Waals surface area contributed by atoms with Gasteiger partial charge in [0.05, 0.1) is 0 Å². The number of hydrogen-bond donors (Lipinski definition) is 2. The molecule has 4 nitrogen and oxygen atoms in total. The van der Waals surface area contributed by atoms with Crippen LogP contribution in [0.15, 0.2) is 28.3 Å². The van der Waals surface area contributed by atoms with Gasteiger partial charge in [-0.1, -0.05) is 17.7 Å². The maximum absolute atomic E-state index is 6.10. The van der Waals surface area contributed by atoms with Crippen molar-refractivity contribution in [1.82, 2.24) is 20.5 Å². The maximum atomic E-state index is 6.10. The third-order valence-corrected chi connectivity index (χ3v) is 3.82. The van der Waals surface area contributed by atoms with Crippen LogP contribution in [0.1, 0.15) is 32.2 Å². The first-order chi connectivity index (χ1) is 9.33. The molecule has 0 aliphatic rings. The van der Waals surface area contributed by atoms with Crippen LogP contribution in [0.4, 0.5) is 0 Å². The Morgan fingerprint density at radius 1 is 1.35 bits per heavy atom. The lowest BCUT2D eigenvalue weighted by molar-refractivity contribution is 0.422. The predicted octanol–water partition coefficient (Wildman–Crippen LogP) is 3.81. The van der Waals surface area contributed by atoms with Gasteiger partial charge in [0.15, 0.2) is 0 Å². The molecular weight excluding hydrogens is 292 g/mol. The van der Waals surface area contributed by atoms with E-state index in [1.54, 1.807) is 0 Å². The minimum Gasteiger partial charge on any atom is -0.308 e. The van der Waals surface area contributed by atoms with Crippen LogP contribution in [-0.2, 0) is 6.54 Å². The minimum absolute atomic E-state index is 0.0722. The van der Waals surface area contributed by atoms with E-state index in [9.17, 15) is 0 Å². The smallest absolute Gasteiger partial charge is 0.213 e. The largest absolute Gasteiger partial charge is 0.308 e. The molecule has 0 aliphatic heterocycles. The quantitative estimate of drug-likeness (QED) is 0.901. The highest BCUT2D eigenvalue weighted by Gasteiger charge is 2.12. The third kappa shape index (κ3) is 4.51. The molecule has 6 heteroatoms.